The molecule has 0 aliphatic heterocycles. The Morgan fingerprint density at radius 1 is 1.00 bits per heavy atom. The molecule has 0 amide bonds. The van der Waals surface area contributed by atoms with Crippen LogP contribution in [0.1, 0.15) is 15.9 Å². The highest BCUT2D eigenvalue weighted by atomic mass is 19.1. The van der Waals surface area contributed by atoms with Gasteiger partial charge in [0.2, 0.25) is 0 Å². The maximum Gasteiger partial charge on any atom is 0.188 e. The number of phenols is 3. The molecule has 2 aromatic carbocycles. The highest BCUT2D eigenvalue weighted by Gasteiger charge is 2.09. The van der Waals surface area contributed by atoms with Crippen LogP contribution in [-0.4, -0.2) is 21.1 Å². The van der Waals surface area contributed by atoms with Crippen LogP contribution in [-0.2, 0) is 0 Å². The second-order valence-electron chi connectivity index (χ2n) is 4.11. The minimum absolute atomic E-state index is 0.165. The quantitative estimate of drug-likeness (QED) is 0.457. The normalized spacial score (nSPS) is 10.8. The molecule has 0 saturated carbocycles. The number of halogens is 1. The molecule has 102 valence electrons. The third-order valence-electron chi connectivity index (χ3n) is 2.64. The number of hydrogen-bond acceptors (Lipinski definition) is 4. The van der Waals surface area contributed by atoms with Gasteiger partial charge in [0.25, 0.3) is 0 Å². The van der Waals surface area contributed by atoms with Crippen molar-refractivity contribution in [3.63, 3.8) is 0 Å². The zero-order valence-electron chi connectivity index (χ0n) is 10.2. The lowest BCUT2D eigenvalue weighted by atomic mass is 10.1. The van der Waals surface area contributed by atoms with Gasteiger partial charge in [-0.25, -0.2) is 4.39 Å². The zero-order valence-corrected chi connectivity index (χ0v) is 10.2. The van der Waals surface area contributed by atoms with Crippen molar-refractivity contribution in [1.82, 2.24) is 0 Å². The van der Waals surface area contributed by atoms with Crippen LogP contribution >= 0.6 is 0 Å². The SMILES string of the molecule is O=C(/C=C/c1ccc(O)c(O)c1)c1ccc(O)cc1F. The average molecular weight is 274 g/mol. The summed E-state index contributed by atoms with van der Waals surface area (Å²) in [6.45, 7) is 0. The van der Waals surface area contributed by atoms with Gasteiger partial charge in [-0.05, 0) is 35.9 Å². The highest BCUT2D eigenvalue weighted by molar-refractivity contribution is 6.07. The van der Waals surface area contributed by atoms with E-state index in [1.54, 1.807) is 0 Å². The van der Waals surface area contributed by atoms with Crippen LogP contribution in [0.2, 0.25) is 0 Å². The van der Waals surface area contributed by atoms with Crippen LogP contribution in [0.15, 0.2) is 42.5 Å². The molecule has 2 aromatic rings. The number of allylic oxidation sites excluding steroid dienone is 1. The van der Waals surface area contributed by atoms with E-state index in [-0.39, 0.29) is 22.8 Å². The van der Waals surface area contributed by atoms with Gasteiger partial charge < -0.3 is 15.3 Å². The van der Waals surface area contributed by atoms with Crippen molar-refractivity contribution in [1.29, 1.82) is 0 Å². The Kier molecular flexibility index (Phi) is 3.70. The van der Waals surface area contributed by atoms with Crippen molar-refractivity contribution in [2.45, 2.75) is 0 Å². The predicted octanol–water partition coefficient (Wildman–Crippen LogP) is 2.84. The first kappa shape index (κ1) is 13.6. The van der Waals surface area contributed by atoms with Crippen LogP contribution in [0.3, 0.4) is 0 Å². The summed E-state index contributed by atoms with van der Waals surface area (Å²) < 4.78 is 13.5. The summed E-state index contributed by atoms with van der Waals surface area (Å²) in [7, 11) is 0. The van der Waals surface area contributed by atoms with E-state index in [9.17, 15) is 14.3 Å². The Morgan fingerprint density at radius 3 is 2.40 bits per heavy atom. The third kappa shape index (κ3) is 2.95. The lowest BCUT2D eigenvalue weighted by Crippen LogP contribution is -1.98. The van der Waals surface area contributed by atoms with Crippen molar-refractivity contribution in [2.24, 2.45) is 0 Å². The Labute approximate surface area is 114 Å². The fourth-order valence-electron chi connectivity index (χ4n) is 1.61. The van der Waals surface area contributed by atoms with E-state index in [2.05, 4.69) is 0 Å². The molecule has 0 aliphatic rings. The molecule has 0 aliphatic carbocycles. The second kappa shape index (κ2) is 5.44. The molecule has 0 unspecified atom stereocenters. The molecule has 0 saturated heterocycles. The zero-order chi connectivity index (χ0) is 14.7. The summed E-state index contributed by atoms with van der Waals surface area (Å²) >= 11 is 0. The van der Waals surface area contributed by atoms with Crippen LogP contribution in [0.4, 0.5) is 4.39 Å². The maximum atomic E-state index is 13.5. The van der Waals surface area contributed by atoms with Crippen molar-refractivity contribution in [3.05, 3.63) is 59.4 Å². The van der Waals surface area contributed by atoms with Crippen molar-refractivity contribution in [2.75, 3.05) is 0 Å². The maximum absolute atomic E-state index is 13.5. The second-order valence-corrected chi connectivity index (χ2v) is 4.11. The van der Waals surface area contributed by atoms with Gasteiger partial charge in [-0.2, -0.15) is 0 Å². The lowest BCUT2D eigenvalue weighted by Gasteiger charge is -2.00. The van der Waals surface area contributed by atoms with Crippen molar-refractivity contribution < 1.29 is 24.5 Å². The van der Waals surface area contributed by atoms with Crippen molar-refractivity contribution >= 4 is 11.9 Å². The van der Waals surface area contributed by atoms with Crippen LogP contribution in [0.25, 0.3) is 6.08 Å². The summed E-state index contributed by atoms with van der Waals surface area (Å²) in [6.07, 6.45) is 2.52. The van der Waals surface area contributed by atoms with E-state index in [4.69, 9.17) is 10.2 Å². The smallest absolute Gasteiger partial charge is 0.188 e. The first-order chi connectivity index (χ1) is 9.47. The molecule has 4 nitrogen and oxygen atoms in total. The summed E-state index contributed by atoms with van der Waals surface area (Å²) in [4.78, 5) is 11.8. The number of hydrogen-bond donors (Lipinski definition) is 3. The minimum Gasteiger partial charge on any atom is -0.508 e. The summed E-state index contributed by atoms with van der Waals surface area (Å²) in [5.41, 5.74) is 0.315. The van der Waals surface area contributed by atoms with Gasteiger partial charge >= 0.3 is 0 Å². The molecule has 2 rings (SSSR count). The first-order valence-electron chi connectivity index (χ1n) is 5.70. The summed E-state index contributed by atoms with van der Waals surface area (Å²) in [5, 5.41) is 27.5. The van der Waals surface area contributed by atoms with E-state index >= 15 is 0 Å². The van der Waals surface area contributed by atoms with E-state index in [1.807, 2.05) is 0 Å². The molecule has 20 heavy (non-hydrogen) atoms. The Balaban J connectivity index is 2.22. The van der Waals surface area contributed by atoms with Gasteiger partial charge in [-0.1, -0.05) is 12.1 Å². The highest BCUT2D eigenvalue weighted by Crippen LogP contribution is 2.25. The largest absolute Gasteiger partial charge is 0.508 e. The Hall–Kier alpha value is -2.82. The molecular formula is C15H11FO4. The average Bonchev–Trinajstić information content (AvgIpc) is 2.40. The lowest BCUT2D eigenvalue weighted by molar-refractivity contribution is 0.104. The van der Waals surface area contributed by atoms with E-state index < -0.39 is 11.6 Å². The monoisotopic (exact) mass is 274 g/mol. The molecule has 0 heterocycles. The molecule has 3 N–H and O–H groups in total. The van der Waals surface area contributed by atoms with Crippen LogP contribution in [0.5, 0.6) is 17.2 Å². The van der Waals surface area contributed by atoms with Gasteiger partial charge in [0, 0.05) is 6.07 Å². The number of phenolic OH excluding ortho intramolecular Hbond substituents is 3. The molecule has 0 bridgehead atoms. The fourth-order valence-corrected chi connectivity index (χ4v) is 1.61. The molecule has 0 atom stereocenters. The van der Waals surface area contributed by atoms with Crippen molar-refractivity contribution in [3.8, 4) is 17.2 Å². The fraction of sp³-hybridized carbons (Fsp3) is 0. The Morgan fingerprint density at radius 2 is 1.75 bits per heavy atom. The number of carbonyl (C=O) groups excluding carboxylic acids is 1. The molecule has 0 radical (unpaired) electrons. The van der Waals surface area contributed by atoms with Gasteiger partial charge in [-0.3, -0.25) is 4.79 Å². The van der Waals surface area contributed by atoms with Crippen LogP contribution < -0.4 is 0 Å². The number of rotatable bonds is 3. The number of aromatic hydroxyl groups is 3. The van der Waals surface area contributed by atoms with Gasteiger partial charge in [0.1, 0.15) is 11.6 Å². The third-order valence-corrected chi connectivity index (χ3v) is 2.64. The number of ketones is 1. The molecule has 0 spiro atoms. The summed E-state index contributed by atoms with van der Waals surface area (Å²) in [5.74, 6) is -2.22. The van der Waals surface area contributed by atoms with Gasteiger partial charge in [0.05, 0.1) is 5.56 Å². The predicted molar refractivity (Wildman–Crippen MR) is 71.2 cm³/mol. The Bertz CT molecular complexity index is 692. The number of benzene rings is 2. The molecule has 0 aromatic heterocycles. The molecular weight excluding hydrogens is 263 g/mol. The van der Waals surface area contributed by atoms with E-state index in [1.165, 1.54) is 36.4 Å². The van der Waals surface area contributed by atoms with Gasteiger partial charge in [-0.15, -0.1) is 0 Å². The minimum atomic E-state index is -0.812. The molecule has 0 fully saturated rings. The molecule has 5 heteroatoms. The summed E-state index contributed by atoms with van der Waals surface area (Å²) in [6, 6.07) is 7.30. The van der Waals surface area contributed by atoms with E-state index in [0.29, 0.717) is 5.56 Å². The standard InChI is InChI=1S/C15H11FO4/c16-12-8-10(17)3-4-11(12)13(18)5-1-9-2-6-14(19)15(20)7-9/h1-8,17,19-20H/b5-1+. The first-order valence-corrected chi connectivity index (χ1v) is 5.70. The van der Waals surface area contributed by atoms with Gasteiger partial charge in [0.15, 0.2) is 17.3 Å². The topological polar surface area (TPSA) is 77.8 Å². The van der Waals surface area contributed by atoms with E-state index in [0.717, 1.165) is 12.1 Å². The number of carbonyl (C=O) groups is 1. The van der Waals surface area contributed by atoms with Crippen LogP contribution in [0, 0.1) is 5.82 Å².